The predicted octanol–water partition coefficient (Wildman–Crippen LogP) is 4.46. The second-order valence-corrected chi connectivity index (χ2v) is 6.97. The van der Waals surface area contributed by atoms with Crippen molar-refractivity contribution in [2.75, 3.05) is 16.0 Å². The third kappa shape index (κ3) is 6.14. The van der Waals surface area contributed by atoms with Crippen LogP contribution in [0.2, 0.25) is 0 Å². The van der Waals surface area contributed by atoms with E-state index >= 15 is 0 Å². The third-order valence-electron chi connectivity index (χ3n) is 3.96. The lowest BCUT2D eigenvalue weighted by Crippen LogP contribution is -2.14. The molecule has 29 heavy (non-hydrogen) atoms. The number of hydrogen-bond acceptors (Lipinski definition) is 5. The fourth-order valence-electron chi connectivity index (χ4n) is 2.60. The molecule has 0 unspecified atom stereocenters. The van der Waals surface area contributed by atoms with E-state index in [9.17, 15) is 9.59 Å². The summed E-state index contributed by atoms with van der Waals surface area (Å²) in [6, 6.07) is 19.8. The fraction of sp³-hybridized carbons (Fsp3) is 0.182. The fourth-order valence-corrected chi connectivity index (χ4v) is 2.60. The molecule has 1 aromatic heterocycles. The number of benzene rings is 2. The summed E-state index contributed by atoms with van der Waals surface area (Å²) >= 11 is 0. The number of anilines is 4. The van der Waals surface area contributed by atoms with Gasteiger partial charge in [0.1, 0.15) is 0 Å². The molecule has 0 aliphatic rings. The molecule has 3 N–H and O–H groups in total. The summed E-state index contributed by atoms with van der Waals surface area (Å²) in [6.07, 6.45) is 0.486. The first kappa shape index (κ1) is 20.0. The lowest BCUT2D eigenvalue weighted by Gasteiger charge is -2.09. The summed E-state index contributed by atoms with van der Waals surface area (Å²) in [7, 11) is 0. The van der Waals surface area contributed by atoms with Crippen molar-refractivity contribution >= 4 is 34.7 Å². The van der Waals surface area contributed by atoms with Crippen molar-refractivity contribution in [3.05, 3.63) is 72.4 Å². The van der Waals surface area contributed by atoms with Gasteiger partial charge in [-0.05, 0) is 54.4 Å². The van der Waals surface area contributed by atoms with E-state index in [-0.39, 0.29) is 17.5 Å². The first-order valence-corrected chi connectivity index (χ1v) is 9.36. The molecule has 0 aliphatic carbocycles. The van der Waals surface area contributed by atoms with E-state index in [2.05, 4.69) is 26.1 Å². The summed E-state index contributed by atoms with van der Waals surface area (Å²) < 4.78 is 0. The molecule has 0 fully saturated rings. The molecule has 0 radical (unpaired) electrons. The smallest absolute Gasteiger partial charge is 0.276 e. The van der Waals surface area contributed by atoms with Gasteiger partial charge in [-0.3, -0.25) is 9.59 Å². The van der Waals surface area contributed by atoms with E-state index in [1.54, 1.807) is 24.3 Å². The highest BCUT2D eigenvalue weighted by Crippen LogP contribution is 2.18. The van der Waals surface area contributed by atoms with Crippen LogP contribution in [0.15, 0.2) is 66.7 Å². The summed E-state index contributed by atoms with van der Waals surface area (Å²) in [6.45, 7) is 4.01. The van der Waals surface area contributed by atoms with Gasteiger partial charge in [-0.25, -0.2) is 0 Å². The van der Waals surface area contributed by atoms with Crippen LogP contribution in [0.4, 0.5) is 22.9 Å². The van der Waals surface area contributed by atoms with Gasteiger partial charge in [-0.1, -0.05) is 32.0 Å². The van der Waals surface area contributed by atoms with Crippen LogP contribution in [-0.2, 0) is 4.79 Å². The molecule has 7 nitrogen and oxygen atoms in total. The van der Waals surface area contributed by atoms with Crippen LogP contribution < -0.4 is 16.0 Å². The standard InChI is InChI=1S/C22H23N5O2/c1-15(2)14-21(28)24-18-10-8-17(9-11-18)23-20-13-12-19(26-27-20)22(29)25-16-6-4-3-5-7-16/h3-13,15H,14H2,1-2H3,(H,23,27)(H,24,28)(H,25,29). The van der Waals surface area contributed by atoms with Crippen molar-refractivity contribution in [2.45, 2.75) is 20.3 Å². The van der Waals surface area contributed by atoms with E-state index in [1.165, 1.54) is 0 Å². The minimum Gasteiger partial charge on any atom is -0.339 e. The molecule has 3 rings (SSSR count). The predicted molar refractivity (Wildman–Crippen MR) is 114 cm³/mol. The minimum atomic E-state index is -0.322. The Bertz CT molecular complexity index is 955. The van der Waals surface area contributed by atoms with Gasteiger partial charge in [0.05, 0.1) is 0 Å². The Morgan fingerprint density at radius 1 is 0.793 bits per heavy atom. The molecule has 2 amide bonds. The maximum Gasteiger partial charge on any atom is 0.276 e. The molecule has 0 aliphatic heterocycles. The van der Waals surface area contributed by atoms with E-state index in [0.29, 0.717) is 23.8 Å². The maximum atomic E-state index is 12.2. The average molecular weight is 389 g/mol. The topological polar surface area (TPSA) is 96.0 Å². The van der Waals surface area contributed by atoms with Gasteiger partial charge in [0.2, 0.25) is 5.91 Å². The summed E-state index contributed by atoms with van der Waals surface area (Å²) in [4.78, 5) is 24.0. The zero-order chi connectivity index (χ0) is 20.6. The van der Waals surface area contributed by atoms with Gasteiger partial charge in [0.15, 0.2) is 11.5 Å². The number of rotatable bonds is 7. The van der Waals surface area contributed by atoms with Crippen molar-refractivity contribution in [3.8, 4) is 0 Å². The van der Waals surface area contributed by atoms with Crippen molar-refractivity contribution in [1.29, 1.82) is 0 Å². The summed E-state index contributed by atoms with van der Waals surface area (Å²) in [5.41, 5.74) is 2.45. The molecule has 0 saturated heterocycles. The van der Waals surface area contributed by atoms with Gasteiger partial charge in [0.25, 0.3) is 5.91 Å². The Morgan fingerprint density at radius 2 is 1.45 bits per heavy atom. The van der Waals surface area contributed by atoms with Crippen LogP contribution in [0.25, 0.3) is 0 Å². The first-order valence-electron chi connectivity index (χ1n) is 9.36. The quantitative estimate of drug-likeness (QED) is 0.554. The summed E-state index contributed by atoms with van der Waals surface area (Å²) in [5, 5.41) is 16.8. The third-order valence-corrected chi connectivity index (χ3v) is 3.96. The molecule has 3 aromatic rings. The molecular formula is C22H23N5O2. The van der Waals surface area contributed by atoms with Crippen LogP contribution in [0.1, 0.15) is 30.8 Å². The molecule has 0 saturated carbocycles. The number of amides is 2. The number of nitrogens with zero attached hydrogens (tertiary/aromatic N) is 2. The van der Waals surface area contributed by atoms with E-state index in [1.807, 2.05) is 56.3 Å². The normalized spacial score (nSPS) is 10.4. The van der Waals surface area contributed by atoms with Crippen LogP contribution in [-0.4, -0.2) is 22.0 Å². The minimum absolute atomic E-state index is 0.00376. The largest absolute Gasteiger partial charge is 0.339 e. The van der Waals surface area contributed by atoms with E-state index in [4.69, 9.17) is 0 Å². The Hall–Kier alpha value is -3.74. The molecule has 148 valence electrons. The highest BCUT2D eigenvalue weighted by molar-refractivity contribution is 6.02. The second-order valence-electron chi connectivity index (χ2n) is 6.97. The lowest BCUT2D eigenvalue weighted by molar-refractivity contribution is -0.116. The highest BCUT2D eigenvalue weighted by atomic mass is 16.2. The van der Waals surface area contributed by atoms with Crippen molar-refractivity contribution in [2.24, 2.45) is 5.92 Å². The average Bonchev–Trinajstić information content (AvgIpc) is 2.70. The number of carbonyl (C=O) groups is 2. The van der Waals surface area contributed by atoms with Crippen molar-refractivity contribution in [1.82, 2.24) is 10.2 Å². The van der Waals surface area contributed by atoms with Crippen LogP contribution in [0.5, 0.6) is 0 Å². The Kier molecular flexibility index (Phi) is 6.52. The second kappa shape index (κ2) is 9.45. The number of nitrogens with one attached hydrogen (secondary N) is 3. The number of aromatic nitrogens is 2. The molecule has 7 heteroatoms. The molecular weight excluding hydrogens is 366 g/mol. The zero-order valence-electron chi connectivity index (χ0n) is 16.3. The Balaban J connectivity index is 1.56. The van der Waals surface area contributed by atoms with Crippen molar-refractivity contribution in [3.63, 3.8) is 0 Å². The molecule has 0 atom stereocenters. The van der Waals surface area contributed by atoms with E-state index in [0.717, 1.165) is 11.4 Å². The molecule has 2 aromatic carbocycles. The van der Waals surface area contributed by atoms with Crippen LogP contribution in [0, 0.1) is 5.92 Å². The number of hydrogen-bond donors (Lipinski definition) is 3. The lowest BCUT2D eigenvalue weighted by atomic mass is 10.1. The van der Waals surface area contributed by atoms with Crippen LogP contribution in [0.3, 0.4) is 0 Å². The highest BCUT2D eigenvalue weighted by Gasteiger charge is 2.09. The number of para-hydroxylation sites is 1. The van der Waals surface area contributed by atoms with Gasteiger partial charge >= 0.3 is 0 Å². The van der Waals surface area contributed by atoms with Crippen molar-refractivity contribution < 1.29 is 9.59 Å². The first-order chi connectivity index (χ1) is 14.0. The van der Waals surface area contributed by atoms with Gasteiger partial charge in [-0.15, -0.1) is 10.2 Å². The Morgan fingerprint density at radius 3 is 2.07 bits per heavy atom. The van der Waals surface area contributed by atoms with Gasteiger partial charge in [-0.2, -0.15) is 0 Å². The Labute approximate surface area is 169 Å². The van der Waals surface area contributed by atoms with Crippen LogP contribution >= 0.6 is 0 Å². The summed E-state index contributed by atoms with van der Waals surface area (Å²) in [5.74, 6) is 0.498. The molecule has 1 heterocycles. The monoisotopic (exact) mass is 389 g/mol. The van der Waals surface area contributed by atoms with E-state index < -0.39 is 0 Å². The maximum absolute atomic E-state index is 12.2. The van der Waals surface area contributed by atoms with Gasteiger partial charge in [0, 0.05) is 23.5 Å². The van der Waals surface area contributed by atoms with Gasteiger partial charge < -0.3 is 16.0 Å². The molecule has 0 spiro atoms. The molecule has 0 bridgehead atoms. The SMILES string of the molecule is CC(C)CC(=O)Nc1ccc(Nc2ccc(C(=O)Nc3ccccc3)nn2)cc1. The number of carbonyl (C=O) groups excluding carboxylic acids is 2. The zero-order valence-corrected chi connectivity index (χ0v) is 16.3.